The van der Waals surface area contributed by atoms with Crippen LogP contribution in [0.15, 0.2) is 12.2 Å². The van der Waals surface area contributed by atoms with Gasteiger partial charge in [-0.2, -0.15) is 0 Å². The molecule has 0 saturated heterocycles. The van der Waals surface area contributed by atoms with Gasteiger partial charge in [0, 0.05) is 12.8 Å². The molecule has 0 aromatic rings. The average Bonchev–Trinajstić information content (AvgIpc) is 3.31. The zero-order chi connectivity index (χ0) is 50.6. The fourth-order valence-electron chi connectivity index (χ4n) is 8.90. The highest BCUT2D eigenvalue weighted by atomic mass is 31.2. The van der Waals surface area contributed by atoms with E-state index >= 15 is 0 Å². The highest BCUT2D eigenvalue weighted by molar-refractivity contribution is 7.47. The molecule has 0 saturated carbocycles. The molecule has 0 fully saturated rings. The van der Waals surface area contributed by atoms with E-state index in [0.717, 1.165) is 44.9 Å². The van der Waals surface area contributed by atoms with Crippen molar-refractivity contribution in [3.8, 4) is 0 Å². The Balaban J connectivity index is 4.04. The van der Waals surface area contributed by atoms with Gasteiger partial charge < -0.3 is 18.9 Å². The molecule has 10 heteroatoms. The first-order valence-corrected chi connectivity index (χ1v) is 31.4. The summed E-state index contributed by atoms with van der Waals surface area (Å²) >= 11 is 0. The summed E-state index contributed by atoms with van der Waals surface area (Å²) in [6.07, 6.45) is 60.1. The van der Waals surface area contributed by atoms with Crippen LogP contribution in [0.3, 0.4) is 0 Å². The number of rotatable bonds is 56. The van der Waals surface area contributed by atoms with Gasteiger partial charge >= 0.3 is 19.8 Å². The number of hydrogen-bond donors (Lipinski definition) is 1. The zero-order valence-corrected chi connectivity index (χ0v) is 47.5. The summed E-state index contributed by atoms with van der Waals surface area (Å²) in [6.45, 7) is 4.48. The molecule has 0 aliphatic carbocycles. The number of allylic oxidation sites excluding steroid dienone is 2. The number of carbonyl (C=O) groups excluding carboxylic acids is 2. The summed E-state index contributed by atoms with van der Waals surface area (Å²) in [5.74, 6) is -0.784. The van der Waals surface area contributed by atoms with Gasteiger partial charge in [0.05, 0.1) is 27.7 Å². The van der Waals surface area contributed by atoms with Crippen molar-refractivity contribution < 1.29 is 42.1 Å². The maximum atomic E-state index is 12.8. The van der Waals surface area contributed by atoms with Crippen LogP contribution < -0.4 is 0 Å². The number of esters is 2. The third kappa shape index (κ3) is 55.9. The van der Waals surface area contributed by atoms with Crippen molar-refractivity contribution in [2.75, 3.05) is 47.5 Å². The van der Waals surface area contributed by atoms with Crippen molar-refractivity contribution in [1.29, 1.82) is 0 Å². The highest BCUT2D eigenvalue weighted by Crippen LogP contribution is 2.43. The molecule has 0 aliphatic heterocycles. The Morgan fingerprint density at radius 3 is 1.07 bits per heavy atom. The number of carbonyl (C=O) groups is 2. The fraction of sp³-hybridized carbons (Fsp3) is 0.932. The van der Waals surface area contributed by atoms with Gasteiger partial charge in [-0.3, -0.25) is 18.6 Å². The number of phosphoric ester groups is 1. The quantitative estimate of drug-likeness (QED) is 0.0211. The van der Waals surface area contributed by atoms with Crippen molar-refractivity contribution in [2.24, 2.45) is 0 Å². The van der Waals surface area contributed by atoms with Gasteiger partial charge in [0.1, 0.15) is 19.8 Å². The molecule has 0 radical (unpaired) electrons. The minimum absolute atomic E-state index is 0.0345. The van der Waals surface area contributed by atoms with Crippen LogP contribution in [0.2, 0.25) is 0 Å². The molecule has 0 aromatic carbocycles. The molecule has 0 aromatic heterocycles. The summed E-state index contributed by atoms with van der Waals surface area (Å²) in [5, 5.41) is 0. The largest absolute Gasteiger partial charge is 0.472 e. The molecule has 9 nitrogen and oxygen atoms in total. The predicted molar refractivity (Wildman–Crippen MR) is 294 cm³/mol. The van der Waals surface area contributed by atoms with Gasteiger partial charge in [0.25, 0.3) is 0 Å². The second-order valence-corrected chi connectivity index (χ2v) is 23.2. The Kier molecular flexibility index (Phi) is 50.7. The average molecular weight is 1000 g/mol. The topological polar surface area (TPSA) is 108 Å². The standard InChI is InChI=1S/C59H116NO8P/c1-6-8-10-12-14-16-18-20-22-24-25-26-27-28-29-30-31-32-33-34-36-37-39-41-43-45-47-49-51-58(61)65-55-57(56-67-69(63,64)66-54-53-60(3,4)5)68-59(62)52-50-48-46-44-42-40-38-35-23-21-19-17-15-13-11-9-7-2/h21,23,57H,6-20,22,24-56H2,1-5H3/p+1/b23-21-. The summed E-state index contributed by atoms with van der Waals surface area (Å²) in [7, 11) is 1.49. The summed E-state index contributed by atoms with van der Waals surface area (Å²) in [6, 6.07) is 0. The molecule has 410 valence electrons. The third-order valence-corrected chi connectivity index (χ3v) is 14.5. The van der Waals surface area contributed by atoms with Crippen molar-refractivity contribution in [3.63, 3.8) is 0 Å². The SMILES string of the molecule is CCCCCCCC/C=C\CCCCCCCCCC(=O)OC(COC(=O)CCCCCCCCCCCCCCCCCCCCCCCCCCCCCC)COP(=O)(O)OCC[N+](C)(C)C. The summed E-state index contributed by atoms with van der Waals surface area (Å²) in [5.41, 5.74) is 0. The van der Waals surface area contributed by atoms with Gasteiger partial charge in [-0.25, -0.2) is 4.57 Å². The van der Waals surface area contributed by atoms with E-state index in [1.54, 1.807) is 0 Å². The van der Waals surface area contributed by atoms with Gasteiger partial charge in [0.15, 0.2) is 6.10 Å². The van der Waals surface area contributed by atoms with E-state index in [1.807, 2.05) is 21.1 Å². The number of likely N-dealkylation sites (N-methyl/N-ethyl adjacent to an activating group) is 1. The summed E-state index contributed by atoms with van der Waals surface area (Å²) < 4.78 is 34.6. The Labute approximate surface area is 428 Å². The van der Waals surface area contributed by atoms with E-state index in [0.29, 0.717) is 23.9 Å². The van der Waals surface area contributed by atoms with Crippen LogP contribution in [0.4, 0.5) is 0 Å². The van der Waals surface area contributed by atoms with Crippen LogP contribution in [-0.2, 0) is 32.7 Å². The van der Waals surface area contributed by atoms with Crippen LogP contribution in [0, 0.1) is 0 Å². The summed E-state index contributed by atoms with van der Waals surface area (Å²) in [4.78, 5) is 35.7. The lowest BCUT2D eigenvalue weighted by atomic mass is 10.0. The lowest BCUT2D eigenvalue weighted by molar-refractivity contribution is -0.870. The molecule has 1 N–H and O–H groups in total. The number of nitrogens with zero attached hydrogens (tertiary/aromatic N) is 1. The van der Waals surface area contributed by atoms with E-state index in [-0.39, 0.29) is 25.6 Å². The molecule has 0 rings (SSSR count). The monoisotopic (exact) mass is 999 g/mol. The Bertz CT molecular complexity index is 1180. The molecule has 2 atom stereocenters. The number of ether oxygens (including phenoxy) is 2. The van der Waals surface area contributed by atoms with Crippen LogP contribution in [0.5, 0.6) is 0 Å². The van der Waals surface area contributed by atoms with Crippen LogP contribution >= 0.6 is 7.82 Å². The minimum Gasteiger partial charge on any atom is -0.462 e. The molecule has 69 heavy (non-hydrogen) atoms. The van der Waals surface area contributed by atoms with Gasteiger partial charge in [-0.05, 0) is 38.5 Å². The van der Waals surface area contributed by atoms with Crippen molar-refractivity contribution in [1.82, 2.24) is 0 Å². The van der Waals surface area contributed by atoms with E-state index in [9.17, 15) is 19.0 Å². The molecule has 0 aliphatic rings. The van der Waals surface area contributed by atoms with E-state index < -0.39 is 26.5 Å². The fourth-order valence-corrected chi connectivity index (χ4v) is 9.64. The number of unbranched alkanes of at least 4 members (excludes halogenated alkanes) is 40. The number of quaternary nitrogens is 1. The zero-order valence-electron chi connectivity index (χ0n) is 46.6. The molecular formula is C59H117NO8P+. The Morgan fingerprint density at radius 2 is 0.739 bits per heavy atom. The van der Waals surface area contributed by atoms with Gasteiger partial charge in [-0.1, -0.05) is 264 Å². The van der Waals surface area contributed by atoms with Crippen molar-refractivity contribution in [3.05, 3.63) is 12.2 Å². The van der Waals surface area contributed by atoms with E-state index in [1.165, 1.54) is 225 Å². The molecule has 0 spiro atoms. The molecule has 2 unspecified atom stereocenters. The predicted octanol–water partition coefficient (Wildman–Crippen LogP) is 18.4. The molecule has 0 heterocycles. The number of hydrogen-bond acceptors (Lipinski definition) is 7. The van der Waals surface area contributed by atoms with E-state index in [2.05, 4.69) is 26.0 Å². The van der Waals surface area contributed by atoms with Crippen LogP contribution in [0.25, 0.3) is 0 Å². The first-order valence-electron chi connectivity index (χ1n) is 29.9. The number of phosphoric acid groups is 1. The molecule has 0 bridgehead atoms. The van der Waals surface area contributed by atoms with Gasteiger partial charge in [0.2, 0.25) is 0 Å². The highest BCUT2D eigenvalue weighted by Gasteiger charge is 2.27. The van der Waals surface area contributed by atoms with Gasteiger partial charge in [-0.15, -0.1) is 0 Å². The smallest absolute Gasteiger partial charge is 0.462 e. The Hall–Kier alpha value is -1.25. The van der Waals surface area contributed by atoms with E-state index in [4.69, 9.17) is 18.5 Å². The first-order chi connectivity index (χ1) is 33.5. The van der Waals surface area contributed by atoms with Crippen LogP contribution in [-0.4, -0.2) is 74.9 Å². The first kappa shape index (κ1) is 67.8. The molecular weight excluding hydrogens is 882 g/mol. The maximum Gasteiger partial charge on any atom is 0.472 e. The Morgan fingerprint density at radius 1 is 0.435 bits per heavy atom. The minimum atomic E-state index is -4.38. The van der Waals surface area contributed by atoms with Crippen molar-refractivity contribution >= 4 is 19.8 Å². The molecule has 0 amide bonds. The third-order valence-electron chi connectivity index (χ3n) is 13.5. The second-order valence-electron chi connectivity index (χ2n) is 21.7. The maximum absolute atomic E-state index is 12.8. The van der Waals surface area contributed by atoms with Crippen LogP contribution in [0.1, 0.15) is 303 Å². The lowest BCUT2D eigenvalue weighted by Gasteiger charge is -2.24. The normalized spacial score (nSPS) is 13.3. The second kappa shape index (κ2) is 51.6. The van der Waals surface area contributed by atoms with Crippen molar-refractivity contribution in [2.45, 2.75) is 309 Å². The lowest BCUT2D eigenvalue weighted by Crippen LogP contribution is -2.37.